The molecule has 0 aromatic rings. The molecule has 0 bridgehead atoms. The van der Waals surface area contributed by atoms with Gasteiger partial charge in [-0.3, -0.25) is 9.59 Å². The first-order valence-corrected chi connectivity index (χ1v) is 33.8. The van der Waals surface area contributed by atoms with E-state index in [0.717, 1.165) is 44.9 Å². The Labute approximate surface area is 468 Å². The van der Waals surface area contributed by atoms with Crippen LogP contribution in [0.2, 0.25) is 0 Å². The lowest BCUT2D eigenvalue weighted by atomic mass is 10.0. The monoisotopic (exact) mass is 1050 g/mol. The maximum absolute atomic E-state index is 12.5. The Morgan fingerprint density at radius 2 is 0.627 bits per heavy atom. The second-order valence-electron chi connectivity index (χ2n) is 23.1. The maximum Gasteiger partial charge on any atom is 0.305 e. The summed E-state index contributed by atoms with van der Waals surface area (Å²) in [4.78, 5) is 24.5. The molecule has 2 atom stereocenters. The molecule has 0 radical (unpaired) electrons. The molecule has 2 unspecified atom stereocenters. The molecule has 0 aromatic carbocycles. The van der Waals surface area contributed by atoms with Crippen LogP contribution in [-0.4, -0.2) is 47.4 Å². The number of aliphatic hydroxyl groups excluding tert-OH is 2. The second kappa shape index (κ2) is 64.6. The molecule has 0 fully saturated rings. The van der Waals surface area contributed by atoms with Crippen molar-refractivity contribution in [2.24, 2.45) is 0 Å². The Bertz CT molecular complexity index is 1210. The molecule has 442 valence electrons. The summed E-state index contributed by atoms with van der Waals surface area (Å²) in [6, 6.07) is -0.629. The predicted octanol–water partition coefficient (Wildman–Crippen LogP) is 21.5. The first-order valence-electron chi connectivity index (χ1n) is 33.8. The Kier molecular flexibility index (Phi) is 63.0. The van der Waals surface area contributed by atoms with Crippen LogP contribution in [-0.2, 0) is 14.3 Å². The minimum atomic E-state index is -0.846. The third-order valence-corrected chi connectivity index (χ3v) is 15.6. The van der Waals surface area contributed by atoms with Gasteiger partial charge in [0.2, 0.25) is 5.91 Å². The summed E-state index contributed by atoms with van der Waals surface area (Å²) in [6.07, 6.45) is 82.1. The summed E-state index contributed by atoms with van der Waals surface area (Å²) in [5.74, 6) is -0.0606. The van der Waals surface area contributed by atoms with Crippen LogP contribution >= 0.6 is 0 Å². The number of ether oxygens (including phenoxy) is 1. The van der Waals surface area contributed by atoms with E-state index in [1.807, 2.05) is 6.08 Å². The van der Waals surface area contributed by atoms with Gasteiger partial charge in [-0.1, -0.05) is 307 Å². The van der Waals surface area contributed by atoms with Crippen LogP contribution in [0.5, 0.6) is 0 Å². The van der Waals surface area contributed by atoms with E-state index < -0.39 is 12.1 Å². The molecular formula is C69H131NO5. The number of hydrogen-bond acceptors (Lipinski definition) is 5. The van der Waals surface area contributed by atoms with Gasteiger partial charge in [-0.15, -0.1) is 0 Å². The fraction of sp³-hybridized carbons (Fsp3) is 0.884. The van der Waals surface area contributed by atoms with Crippen LogP contribution in [0.3, 0.4) is 0 Å². The van der Waals surface area contributed by atoms with Gasteiger partial charge in [0.15, 0.2) is 0 Å². The number of nitrogens with one attached hydrogen (secondary N) is 1. The molecule has 0 heterocycles. The van der Waals surface area contributed by atoms with Crippen molar-refractivity contribution in [3.63, 3.8) is 0 Å². The molecule has 0 spiro atoms. The fourth-order valence-electron chi connectivity index (χ4n) is 10.4. The Morgan fingerprint density at radius 1 is 0.360 bits per heavy atom. The molecule has 75 heavy (non-hydrogen) atoms. The number of carbonyl (C=O) groups excluding carboxylic acids is 2. The number of aliphatic hydroxyl groups is 2. The van der Waals surface area contributed by atoms with Crippen molar-refractivity contribution in [3.8, 4) is 0 Å². The zero-order chi connectivity index (χ0) is 54.3. The molecule has 3 N–H and O–H groups in total. The summed E-state index contributed by atoms with van der Waals surface area (Å²) < 4.78 is 5.48. The van der Waals surface area contributed by atoms with Crippen molar-refractivity contribution < 1.29 is 24.5 Å². The van der Waals surface area contributed by atoms with Crippen molar-refractivity contribution in [3.05, 3.63) is 36.5 Å². The Morgan fingerprint density at radius 3 is 0.960 bits per heavy atom. The van der Waals surface area contributed by atoms with E-state index in [4.69, 9.17) is 4.74 Å². The van der Waals surface area contributed by atoms with Crippen molar-refractivity contribution in [1.29, 1.82) is 0 Å². The van der Waals surface area contributed by atoms with E-state index in [1.54, 1.807) is 6.08 Å². The molecule has 0 aliphatic rings. The molecule has 0 rings (SSSR count). The van der Waals surface area contributed by atoms with Crippen molar-refractivity contribution in [2.45, 2.75) is 379 Å². The second-order valence-corrected chi connectivity index (χ2v) is 23.1. The zero-order valence-corrected chi connectivity index (χ0v) is 50.5. The number of hydrogen-bond donors (Lipinski definition) is 3. The fourth-order valence-corrected chi connectivity index (χ4v) is 10.4. The number of esters is 1. The van der Waals surface area contributed by atoms with E-state index in [9.17, 15) is 19.8 Å². The molecule has 0 aromatic heterocycles. The van der Waals surface area contributed by atoms with Gasteiger partial charge in [-0.25, -0.2) is 0 Å². The van der Waals surface area contributed by atoms with Gasteiger partial charge in [0.05, 0.1) is 25.4 Å². The van der Waals surface area contributed by atoms with Crippen molar-refractivity contribution >= 4 is 11.9 Å². The van der Waals surface area contributed by atoms with Crippen molar-refractivity contribution in [1.82, 2.24) is 5.32 Å². The summed E-state index contributed by atoms with van der Waals surface area (Å²) in [5, 5.41) is 23.2. The smallest absolute Gasteiger partial charge is 0.305 e. The van der Waals surface area contributed by atoms with E-state index in [-0.39, 0.29) is 18.5 Å². The van der Waals surface area contributed by atoms with E-state index in [0.29, 0.717) is 19.4 Å². The normalized spacial score (nSPS) is 12.7. The van der Waals surface area contributed by atoms with Crippen LogP contribution in [0.4, 0.5) is 0 Å². The first kappa shape index (κ1) is 73.1. The van der Waals surface area contributed by atoms with Crippen molar-refractivity contribution in [2.75, 3.05) is 13.2 Å². The molecule has 0 saturated carbocycles. The lowest BCUT2D eigenvalue weighted by molar-refractivity contribution is -0.143. The average molecular weight is 1050 g/mol. The van der Waals surface area contributed by atoms with Crippen LogP contribution in [0.25, 0.3) is 0 Å². The number of rotatable bonds is 63. The summed E-state index contributed by atoms with van der Waals surface area (Å²) in [6.45, 7) is 4.91. The molecule has 6 nitrogen and oxygen atoms in total. The maximum atomic E-state index is 12.5. The molecule has 1 amide bonds. The van der Waals surface area contributed by atoms with E-state index in [2.05, 4.69) is 43.5 Å². The van der Waals surface area contributed by atoms with E-state index in [1.165, 1.54) is 295 Å². The zero-order valence-electron chi connectivity index (χ0n) is 50.5. The van der Waals surface area contributed by atoms with Gasteiger partial charge in [-0.2, -0.15) is 0 Å². The topological polar surface area (TPSA) is 95.9 Å². The van der Waals surface area contributed by atoms with E-state index >= 15 is 0 Å². The molecule has 6 heteroatoms. The highest BCUT2D eigenvalue weighted by Crippen LogP contribution is 2.18. The third-order valence-electron chi connectivity index (χ3n) is 15.6. The van der Waals surface area contributed by atoms with Crippen LogP contribution in [0.15, 0.2) is 36.5 Å². The van der Waals surface area contributed by atoms with Gasteiger partial charge < -0.3 is 20.3 Å². The van der Waals surface area contributed by atoms with Gasteiger partial charge in [0.1, 0.15) is 0 Å². The number of unbranched alkanes of at least 4 members (excludes halogenated alkanes) is 48. The molecule has 0 aliphatic heterocycles. The minimum Gasteiger partial charge on any atom is -0.466 e. The SMILES string of the molecule is CCCCCC/C=C\CCCCCCCC(=O)OCCCCCCCCCCCCCC/C=C\CCCCCCCCCCCCCC(=O)NC(CO)C(O)/C=C/CCCCCCCCCCCCCCCCCC. The van der Waals surface area contributed by atoms with Crippen LogP contribution < -0.4 is 5.32 Å². The average Bonchev–Trinajstić information content (AvgIpc) is 3.41. The summed E-state index contributed by atoms with van der Waals surface area (Å²) in [7, 11) is 0. The lowest BCUT2D eigenvalue weighted by Crippen LogP contribution is -2.45. The highest BCUT2D eigenvalue weighted by molar-refractivity contribution is 5.76. The third kappa shape index (κ3) is 61.2. The quantitative estimate of drug-likeness (QED) is 0.0320. The predicted molar refractivity (Wildman–Crippen MR) is 329 cm³/mol. The highest BCUT2D eigenvalue weighted by atomic mass is 16.5. The number of allylic oxidation sites excluding steroid dienone is 5. The highest BCUT2D eigenvalue weighted by Gasteiger charge is 2.18. The Hall–Kier alpha value is -1.92. The van der Waals surface area contributed by atoms with Gasteiger partial charge >= 0.3 is 5.97 Å². The largest absolute Gasteiger partial charge is 0.466 e. The minimum absolute atomic E-state index is 0.00565. The van der Waals surface area contributed by atoms with Gasteiger partial charge in [-0.05, 0) is 83.5 Å². The van der Waals surface area contributed by atoms with Gasteiger partial charge in [0, 0.05) is 12.8 Å². The lowest BCUT2D eigenvalue weighted by Gasteiger charge is -2.20. The Balaban J connectivity index is 3.41. The van der Waals surface area contributed by atoms with Gasteiger partial charge in [0.25, 0.3) is 0 Å². The summed E-state index contributed by atoms with van der Waals surface area (Å²) >= 11 is 0. The number of carbonyl (C=O) groups is 2. The first-order chi connectivity index (χ1) is 37.0. The molecular weight excluding hydrogens is 923 g/mol. The molecule has 0 aliphatic carbocycles. The summed E-state index contributed by atoms with van der Waals surface area (Å²) in [5.41, 5.74) is 0. The van der Waals surface area contributed by atoms with Crippen LogP contribution in [0, 0.1) is 0 Å². The molecule has 0 saturated heterocycles. The van der Waals surface area contributed by atoms with Crippen LogP contribution in [0.1, 0.15) is 367 Å². The number of amides is 1. The standard InChI is InChI=1S/C69H131NO5/c1-3-5-7-9-11-13-15-17-18-19-31-34-38-41-45-49-53-57-61-67(72)66(65-71)70-68(73)62-58-54-50-46-42-39-35-32-29-27-25-23-21-20-22-24-26-28-30-33-36-40-44-48-52-56-60-64-75-69(74)63-59-55-51-47-43-37-16-14-12-10-8-6-4-2/h14,16,20-21,57,61,66-67,71-72H,3-13,15,17-19,22-56,58-60,62-65H2,1-2H3,(H,70,73)/b16-14-,21-20-,61-57+.